The zero-order chi connectivity index (χ0) is 19.8. The monoisotopic (exact) mass is 393 g/mol. The number of benzene rings is 2. The van der Waals surface area contributed by atoms with Crippen molar-refractivity contribution in [2.45, 2.75) is 24.8 Å². The molecule has 2 heterocycles. The van der Waals surface area contributed by atoms with Crippen LogP contribution < -0.4 is 5.32 Å². The molecule has 0 unspecified atom stereocenters. The summed E-state index contributed by atoms with van der Waals surface area (Å²) in [5.41, 5.74) is 0.861. The highest BCUT2D eigenvalue weighted by atomic mass is 19.4. The van der Waals surface area contributed by atoms with Gasteiger partial charge in [0.2, 0.25) is 0 Å². The molecule has 4 rings (SSSR count). The van der Waals surface area contributed by atoms with Gasteiger partial charge < -0.3 is 14.8 Å². The standard InChI is InChI=1S/C21H19F4NO2/c22-17-5-6-18(14-1-3-16(4-2-14)21(23,24)25)19(13-17)20(27-11-12-28-20)15-7-9-26-10-8-15/h1-6,11-13,15,26H,7-10H2. The molecule has 28 heavy (non-hydrogen) atoms. The van der Waals surface area contributed by atoms with Crippen molar-refractivity contribution in [2.24, 2.45) is 5.92 Å². The van der Waals surface area contributed by atoms with E-state index >= 15 is 0 Å². The Morgan fingerprint density at radius 3 is 2.18 bits per heavy atom. The third-order valence-corrected chi connectivity index (χ3v) is 5.30. The number of alkyl halides is 3. The lowest BCUT2D eigenvalue weighted by atomic mass is 9.81. The summed E-state index contributed by atoms with van der Waals surface area (Å²) in [6.07, 6.45) is -0.00962. The first-order valence-corrected chi connectivity index (χ1v) is 9.09. The van der Waals surface area contributed by atoms with E-state index in [-0.39, 0.29) is 5.92 Å². The highest BCUT2D eigenvalue weighted by molar-refractivity contribution is 5.69. The maximum Gasteiger partial charge on any atom is 0.416 e. The molecule has 7 heteroatoms. The van der Waals surface area contributed by atoms with Crippen LogP contribution in [0.5, 0.6) is 0 Å². The molecule has 2 aromatic carbocycles. The number of piperidine rings is 1. The van der Waals surface area contributed by atoms with Gasteiger partial charge in [0.15, 0.2) is 0 Å². The summed E-state index contributed by atoms with van der Waals surface area (Å²) in [5, 5.41) is 3.27. The number of halogens is 4. The quantitative estimate of drug-likeness (QED) is 0.729. The molecule has 0 atom stereocenters. The Kier molecular flexibility index (Phi) is 4.79. The summed E-state index contributed by atoms with van der Waals surface area (Å²) in [6, 6.07) is 9.01. The van der Waals surface area contributed by atoms with E-state index in [1.807, 2.05) is 0 Å². The van der Waals surface area contributed by atoms with Crippen LogP contribution >= 0.6 is 0 Å². The van der Waals surface area contributed by atoms with E-state index in [9.17, 15) is 17.6 Å². The Morgan fingerprint density at radius 2 is 1.57 bits per heavy atom. The van der Waals surface area contributed by atoms with Crippen molar-refractivity contribution in [1.82, 2.24) is 5.32 Å². The Hall–Kier alpha value is -2.54. The molecule has 0 aromatic heterocycles. The Bertz CT molecular complexity index is 863. The first-order valence-electron chi connectivity index (χ1n) is 9.09. The SMILES string of the molecule is Fc1ccc(-c2ccc(C(F)(F)F)cc2)c(C2(C3CCNCC3)OC=CO2)c1. The lowest BCUT2D eigenvalue weighted by Gasteiger charge is -2.39. The van der Waals surface area contributed by atoms with Crippen LogP contribution in [0.25, 0.3) is 11.1 Å². The molecule has 0 amide bonds. The minimum Gasteiger partial charge on any atom is -0.452 e. The lowest BCUT2D eigenvalue weighted by Crippen LogP contribution is -2.43. The topological polar surface area (TPSA) is 30.5 Å². The van der Waals surface area contributed by atoms with Crippen molar-refractivity contribution in [2.75, 3.05) is 13.1 Å². The van der Waals surface area contributed by atoms with E-state index in [4.69, 9.17) is 9.47 Å². The molecule has 0 saturated carbocycles. The van der Waals surface area contributed by atoms with E-state index in [1.54, 1.807) is 6.07 Å². The smallest absolute Gasteiger partial charge is 0.416 e. The molecule has 2 aromatic rings. The summed E-state index contributed by atoms with van der Waals surface area (Å²) < 4.78 is 64.6. The fourth-order valence-corrected chi connectivity index (χ4v) is 3.92. The van der Waals surface area contributed by atoms with Crippen LogP contribution in [0.2, 0.25) is 0 Å². The number of nitrogens with one attached hydrogen (secondary N) is 1. The van der Waals surface area contributed by atoms with Gasteiger partial charge in [-0.1, -0.05) is 18.2 Å². The zero-order valence-corrected chi connectivity index (χ0v) is 14.9. The van der Waals surface area contributed by atoms with Gasteiger partial charge in [-0.25, -0.2) is 4.39 Å². The minimum absolute atomic E-state index is 0.0289. The van der Waals surface area contributed by atoms with Crippen molar-refractivity contribution in [3.8, 4) is 11.1 Å². The molecule has 1 saturated heterocycles. The van der Waals surface area contributed by atoms with Gasteiger partial charge in [0.05, 0.1) is 5.56 Å². The van der Waals surface area contributed by atoms with Gasteiger partial charge in [0.25, 0.3) is 5.79 Å². The Labute approximate surface area is 160 Å². The normalized spacial score (nSPS) is 19.3. The van der Waals surface area contributed by atoms with Crippen molar-refractivity contribution >= 4 is 0 Å². The molecule has 1 N–H and O–H groups in total. The van der Waals surface area contributed by atoms with Gasteiger partial charge in [0, 0.05) is 11.5 Å². The van der Waals surface area contributed by atoms with E-state index < -0.39 is 23.3 Å². The van der Waals surface area contributed by atoms with Crippen LogP contribution in [-0.2, 0) is 21.4 Å². The van der Waals surface area contributed by atoms with Crippen molar-refractivity contribution in [3.05, 3.63) is 71.9 Å². The second-order valence-corrected chi connectivity index (χ2v) is 6.96. The molecule has 2 aliphatic rings. The predicted molar refractivity (Wildman–Crippen MR) is 95.4 cm³/mol. The van der Waals surface area contributed by atoms with Gasteiger partial charge >= 0.3 is 6.18 Å². The van der Waals surface area contributed by atoms with E-state index in [2.05, 4.69) is 5.32 Å². The number of rotatable bonds is 3. The molecule has 1 fully saturated rings. The second kappa shape index (κ2) is 7.13. The molecular weight excluding hydrogens is 374 g/mol. The van der Waals surface area contributed by atoms with Gasteiger partial charge in [-0.05, 0) is 61.3 Å². The van der Waals surface area contributed by atoms with E-state index in [0.717, 1.165) is 38.1 Å². The Morgan fingerprint density at radius 1 is 0.929 bits per heavy atom. The molecule has 0 bridgehead atoms. The fraction of sp³-hybridized carbons (Fsp3) is 0.333. The van der Waals surface area contributed by atoms with Crippen molar-refractivity contribution in [3.63, 3.8) is 0 Å². The summed E-state index contributed by atoms with van der Waals surface area (Å²) in [7, 11) is 0. The van der Waals surface area contributed by atoms with Gasteiger partial charge in [-0.2, -0.15) is 13.2 Å². The molecule has 0 spiro atoms. The van der Waals surface area contributed by atoms with Crippen LogP contribution in [0.1, 0.15) is 24.0 Å². The van der Waals surface area contributed by atoms with Crippen LogP contribution in [0.3, 0.4) is 0 Å². The first-order chi connectivity index (χ1) is 13.4. The van der Waals surface area contributed by atoms with Crippen LogP contribution in [0.15, 0.2) is 55.0 Å². The third-order valence-electron chi connectivity index (χ3n) is 5.30. The summed E-state index contributed by atoms with van der Waals surface area (Å²) in [5.74, 6) is -1.68. The maximum atomic E-state index is 14.2. The van der Waals surface area contributed by atoms with Crippen LogP contribution in [0, 0.1) is 11.7 Å². The maximum absolute atomic E-state index is 14.2. The number of hydrogen-bond donors (Lipinski definition) is 1. The molecule has 2 aliphatic heterocycles. The highest BCUT2D eigenvalue weighted by Gasteiger charge is 2.48. The predicted octanol–water partition coefficient (Wildman–Crippen LogP) is 5.18. The van der Waals surface area contributed by atoms with E-state index in [1.165, 1.54) is 36.8 Å². The largest absolute Gasteiger partial charge is 0.452 e. The average Bonchev–Trinajstić information content (AvgIpc) is 3.19. The van der Waals surface area contributed by atoms with Crippen LogP contribution in [-0.4, -0.2) is 13.1 Å². The molecule has 3 nitrogen and oxygen atoms in total. The summed E-state index contributed by atoms with van der Waals surface area (Å²) in [4.78, 5) is 0. The highest BCUT2D eigenvalue weighted by Crippen LogP contribution is 2.47. The summed E-state index contributed by atoms with van der Waals surface area (Å²) in [6.45, 7) is 1.56. The van der Waals surface area contributed by atoms with E-state index in [0.29, 0.717) is 16.7 Å². The molecular formula is C21H19F4NO2. The van der Waals surface area contributed by atoms with Gasteiger partial charge in [-0.3, -0.25) is 0 Å². The number of ether oxygens (including phenoxy) is 2. The molecule has 0 radical (unpaired) electrons. The minimum atomic E-state index is -4.41. The lowest BCUT2D eigenvalue weighted by molar-refractivity contribution is -0.196. The van der Waals surface area contributed by atoms with Crippen molar-refractivity contribution < 1.29 is 27.0 Å². The average molecular weight is 393 g/mol. The molecule has 0 aliphatic carbocycles. The molecule has 148 valence electrons. The Balaban J connectivity index is 1.80. The zero-order valence-electron chi connectivity index (χ0n) is 14.9. The van der Waals surface area contributed by atoms with Gasteiger partial charge in [0.1, 0.15) is 18.3 Å². The fourth-order valence-electron chi connectivity index (χ4n) is 3.92. The van der Waals surface area contributed by atoms with Crippen LogP contribution in [0.4, 0.5) is 17.6 Å². The summed E-state index contributed by atoms with van der Waals surface area (Å²) >= 11 is 0. The van der Waals surface area contributed by atoms with Gasteiger partial charge in [-0.15, -0.1) is 0 Å². The van der Waals surface area contributed by atoms with Crippen molar-refractivity contribution in [1.29, 1.82) is 0 Å². The third kappa shape index (κ3) is 3.35. The first kappa shape index (κ1) is 18.8. The second-order valence-electron chi connectivity index (χ2n) is 6.96. The number of hydrogen-bond acceptors (Lipinski definition) is 3.